The Morgan fingerprint density at radius 3 is 2.55 bits per heavy atom. The minimum absolute atomic E-state index is 0.0476. The number of nitrogens with zero attached hydrogens (tertiary/aromatic N) is 2. The fourth-order valence-electron chi connectivity index (χ4n) is 2.75. The minimum Gasteiger partial charge on any atom is -0.491 e. The molecule has 0 spiro atoms. The van der Waals surface area contributed by atoms with E-state index in [-0.39, 0.29) is 19.3 Å². The summed E-state index contributed by atoms with van der Waals surface area (Å²) >= 11 is 7.63. The SMILES string of the molecule is CCOC(=O)Cn1c(=NC(=O)c2ccc(OC(C)C)cc2)sc2cccc(Cl)c21. The molecule has 0 aliphatic heterocycles. The number of aromatic nitrogens is 1. The Kier molecular flexibility index (Phi) is 6.71. The molecule has 0 radical (unpaired) electrons. The smallest absolute Gasteiger partial charge is 0.326 e. The Morgan fingerprint density at radius 2 is 1.90 bits per heavy atom. The summed E-state index contributed by atoms with van der Waals surface area (Å²) < 4.78 is 13.1. The Bertz CT molecular complexity index is 1100. The molecule has 3 aromatic rings. The normalized spacial score (nSPS) is 11.8. The molecule has 0 aliphatic rings. The van der Waals surface area contributed by atoms with Crippen molar-refractivity contribution in [1.82, 2.24) is 4.57 Å². The van der Waals surface area contributed by atoms with Crippen LogP contribution in [0.3, 0.4) is 0 Å². The third-order valence-corrected chi connectivity index (χ3v) is 5.26. The van der Waals surface area contributed by atoms with Gasteiger partial charge in [0.2, 0.25) is 0 Å². The lowest BCUT2D eigenvalue weighted by atomic mass is 10.2. The van der Waals surface area contributed by atoms with Crippen LogP contribution in [0.25, 0.3) is 10.2 Å². The summed E-state index contributed by atoms with van der Waals surface area (Å²) in [6, 6.07) is 12.2. The van der Waals surface area contributed by atoms with E-state index in [9.17, 15) is 9.59 Å². The van der Waals surface area contributed by atoms with Gasteiger partial charge in [-0.25, -0.2) is 0 Å². The molecule has 152 valence electrons. The van der Waals surface area contributed by atoms with Gasteiger partial charge in [-0.05, 0) is 57.2 Å². The van der Waals surface area contributed by atoms with Crippen LogP contribution in [-0.4, -0.2) is 29.2 Å². The highest BCUT2D eigenvalue weighted by atomic mass is 35.5. The van der Waals surface area contributed by atoms with Gasteiger partial charge >= 0.3 is 5.97 Å². The number of hydrogen-bond donors (Lipinski definition) is 0. The van der Waals surface area contributed by atoms with E-state index in [1.165, 1.54) is 11.3 Å². The molecular formula is C21H21ClN2O4S. The van der Waals surface area contributed by atoms with Crippen molar-refractivity contribution in [1.29, 1.82) is 0 Å². The van der Waals surface area contributed by atoms with Crippen molar-refractivity contribution in [3.8, 4) is 5.75 Å². The topological polar surface area (TPSA) is 69.9 Å². The maximum atomic E-state index is 12.7. The molecule has 29 heavy (non-hydrogen) atoms. The number of para-hydroxylation sites is 1. The molecule has 0 saturated carbocycles. The van der Waals surface area contributed by atoms with Gasteiger partial charge in [0.25, 0.3) is 5.91 Å². The monoisotopic (exact) mass is 432 g/mol. The maximum absolute atomic E-state index is 12.7. The summed E-state index contributed by atoms with van der Waals surface area (Å²) in [4.78, 5) is 29.4. The first kappa shape index (κ1) is 21.1. The number of ether oxygens (including phenoxy) is 2. The fourth-order valence-corrected chi connectivity index (χ4v) is 4.14. The van der Waals surface area contributed by atoms with E-state index in [4.69, 9.17) is 21.1 Å². The molecule has 0 atom stereocenters. The van der Waals surface area contributed by atoms with E-state index in [2.05, 4.69) is 4.99 Å². The first-order valence-corrected chi connectivity index (χ1v) is 10.4. The third-order valence-electron chi connectivity index (χ3n) is 3.91. The second kappa shape index (κ2) is 9.24. The van der Waals surface area contributed by atoms with Crippen LogP contribution >= 0.6 is 22.9 Å². The van der Waals surface area contributed by atoms with Crippen molar-refractivity contribution in [3.63, 3.8) is 0 Å². The number of thiazole rings is 1. The van der Waals surface area contributed by atoms with Crippen molar-refractivity contribution < 1.29 is 19.1 Å². The van der Waals surface area contributed by atoms with Gasteiger partial charge in [-0.3, -0.25) is 9.59 Å². The predicted octanol–water partition coefficient (Wildman–Crippen LogP) is 4.45. The van der Waals surface area contributed by atoms with Crippen LogP contribution in [0.5, 0.6) is 5.75 Å². The molecule has 0 fully saturated rings. The molecule has 1 aromatic heterocycles. The molecule has 0 saturated heterocycles. The number of hydrogen-bond acceptors (Lipinski definition) is 5. The second-order valence-corrected chi connectivity index (χ2v) is 7.89. The van der Waals surface area contributed by atoms with Crippen LogP contribution in [0.2, 0.25) is 5.02 Å². The Morgan fingerprint density at radius 1 is 1.17 bits per heavy atom. The van der Waals surface area contributed by atoms with Gasteiger partial charge in [-0.15, -0.1) is 0 Å². The molecule has 1 amide bonds. The number of rotatable bonds is 6. The summed E-state index contributed by atoms with van der Waals surface area (Å²) in [6.07, 6.45) is 0.0476. The first-order valence-electron chi connectivity index (χ1n) is 9.18. The average molecular weight is 433 g/mol. The average Bonchev–Trinajstić information content (AvgIpc) is 3.00. The third kappa shape index (κ3) is 5.05. The van der Waals surface area contributed by atoms with Crippen LogP contribution in [0.1, 0.15) is 31.1 Å². The maximum Gasteiger partial charge on any atom is 0.326 e. The van der Waals surface area contributed by atoms with Crippen molar-refractivity contribution in [2.24, 2.45) is 4.99 Å². The summed E-state index contributed by atoms with van der Waals surface area (Å²) in [5.41, 5.74) is 1.08. The van der Waals surface area contributed by atoms with Crippen LogP contribution in [0, 0.1) is 0 Å². The minimum atomic E-state index is -0.420. The van der Waals surface area contributed by atoms with E-state index in [1.54, 1.807) is 41.8 Å². The van der Waals surface area contributed by atoms with Crippen molar-refractivity contribution in [3.05, 3.63) is 57.9 Å². The molecule has 0 unspecified atom stereocenters. The van der Waals surface area contributed by atoms with E-state index in [0.717, 1.165) is 4.70 Å². The van der Waals surface area contributed by atoms with Crippen LogP contribution < -0.4 is 9.54 Å². The Balaban J connectivity index is 2.01. The summed E-state index contributed by atoms with van der Waals surface area (Å²) in [5.74, 6) is -0.153. The van der Waals surface area contributed by atoms with E-state index < -0.39 is 11.9 Å². The zero-order chi connectivity index (χ0) is 21.0. The molecule has 6 nitrogen and oxygen atoms in total. The Labute approximate surface area is 177 Å². The van der Waals surface area contributed by atoms with Crippen molar-refractivity contribution in [2.75, 3.05) is 6.61 Å². The molecular weight excluding hydrogens is 412 g/mol. The van der Waals surface area contributed by atoms with Gasteiger partial charge in [-0.1, -0.05) is 29.0 Å². The number of fused-ring (bicyclic) bond motifs is 1. The van der Waals surface area contributed by atoms with Gasteiger partial charge in [0.05, 0.1) is 28.0 Å². The fraction of sp³-hybridized carbons (Fsp3) is 0.286. The first-order chi connectivity index (χ1) is 13.9. The van der Waals surface area contributed by atoms with Crippen LogP contribution in [0.4, 0.5) is 0 Å². The number of carbonyl (C=O) groups is 2. The van der Waals surface area contributed by atoms with E-state index >= 15 is 0 Å². The molecule has 0 bridgehead atoms. The van der Waals surface area contributed by atoms with Gasteiger partial charge in [0.1, 0.15) is 12.3 Å². The lowest BCUT2D eigenvalue weighted by Crippen LogP contribution is -2.23. The van der Waals surface area contributed by atoms with Gasteiger partial charge in [0, 0.05) is 5.56 Å². The zero-order valence-corrected chi connectivity index (χ0v) is 17.9. The summed E-state index contributed by atoms with van der Waals surface area (Å²) in [6.45, 7) is 5.80. The van der Waals surface area contributed by atoms with E-state index in [1.807, 2.05) is 26.0 Å². The van der Waals surface area contributed by atoms with E-state index in [0.29, 0.717) is 26.7 Å². The molecule has 2 aromatic carbocycles. The van der Waals surface area contributed by atoms with Crippen LogP contribution in [-0.2, 0) is 16.1 Å². The second-order valence-electron chi connectivity index (χ2n) is 6.47. The van der Waals surface area contributed by atoms with Crippen LogP contribution in [0.15, 0.2) is 47.5 Å². The highest BCUT2D eigenvalue weighted by molar-refractivity contribution is 7.16. The molecule has 3 rings (SSSR count). The largest absolute Gasteiger partial charge is 0.491 e. The summed E-state index contributed by atoms with van der Waals surface area (Å²) in [7, 11) is 0. The number of amides is 1. The number of halogens is 1. The standard InChI is InChI=1S/C21H21ClN2O4S/c1-4-27-18(25)12-24-19-16(22)6-5-7-17(19)29-21(24)23-20(26)14-8-10-15(11-9-14)28-13(2)3/h5-11,13H,4,12H2,1-3H3. The lowest BCUT2D eigenvalue weighted by molar-refractivity contribution is -0.143. The van der Waals surface area contributed by atoms with Gasteiger partial charge in [-0.2, -0.15) is 4.99 Å². The zero-order valence-electron chi connectivity index (χ0n) is 16.3. The predicted molar refractivity (Wildman–Crippen MR) is 114 cm³/mol. The molecule has 0 aliphatic carbocycles. The highest BCUT2D eigenvalue weighted by Crippen LogP contribution is 2.25. The van der Waals surface area contributed by atoms with Gasteiger partial charge < -0.3 is 14.0 Å². The summed E-state index contributed by atoms with van der Waals surface area (Å²) in [5, 5.41) is 0.479. The number of benzene rings is 2. The Hall–Kier alpha value is -2.64. The number of carbonyl (C=O) groups excluding carboxylic acids is 2. The molecule has 8 heteroatoms. The van der Waals surface area contributed by atoms with Crippen molar-refractivity contribution >= 4 is 45.0 Å². The highest BCUT2D eigenvalue weighted by Gasteiger charge is 2.15. The molecule has 1 heterocycles. The number of esters is 1. The van der Waals surface area contributed by atoms with Gasteiger partial charge in [0.15, 0.2) is 4.80 Å². The lowest BCUT2D eigenvalue weighted by Gasteiger charge is -2.09. The molecule has 0 N–H and O–H groups in total. The quantitative estimate of drug-likeness (QED) is 0.539. The van der Waals surface area contributed by atoms with Crippen molar-refractivity contribution in [2.45, 2.75) is 33.4 Å².